The SMILES string of the molecule is CCc1cnc(C(C)NCc2nc3ccsc3c(=O)[nH]2)s1. The first-order valence-corrected chi connectivity index (χ1v) is 8.51. The smallest absolute Gasteiger partial charge is 0.268 e. The Balaban J connectivity index is 1.72. The van der Waals surface area contributed by atoms with Gasteiger partial charge in [-0.2, -0.15) is 0 Å². The van der Waals surface area contributed by atoms with Crippen LogP contribution in [0.5, 0.6) is 0 Å². The minimum Gasteiger partial charge on any atom is -0.308 e. The van der Waals surface area contributed by atoms with E-state index in [-0.39, 0.29) is 11.6 Å². The molecule has 0 aliphatic carbocycles. The van der Waals surface area contributed by atoms with Gasteiger partial charge < -0.3 is 10.3 Å². The van der Waals surface area contributed by atoms with Crippen molar-refractivity contribution >= 4 is 32.9 Å². The Morgan fingerprint density at radius 2 is 2.33 bits per heavy atom. The van der Waals surface area contributed by atoms with Crippen molar-refractivity contribution in [2.24, 2.45) is 0 Å². The second-order valence-electron chi connectivity index (χ2n) is 4.77. The number of hydrogen-bond acceptors (Lipinski definition) is 6. The van der Waals surface area contributed by atoms with Crippen LogP contribution in [0.25, 0.3) is 10.2 Å². The molecule has 0 spiro atoms. The Labute approximate surface area is 130 Å². The van der Waals surface area contributed by atoms with Gasteiger partial charge in [-0.1, -0.05) is 6.92 Å². The molecule has 3 aromatic heterocycles. The van der Waals surface area contributed by atoms with Gasteiger partial charge in [-0.25, -0.2) is 9.97 Å². The van der Waals surface area contributed by atoms with Crippen LogP contribution in [0.1, 0.15) is 35.6 Å². The fraction of sp³-hybridized carbons (Fsp3) is 0.357. The molecule has 5 nitrogen and oxygen atoms in total. The van der Waals surface area contributed by atoms with Crippen LogP contribution >= 0.6 is 22.7 Å². The van der Waals surface area contributed by atoms with Crippen LogP contribution in [-0.2, 0) is 13.0 Å². The number of aryl methyl sites for hydroxylation is 1. The van der Waals surface area contributed by atoms with Gasteiger partial charge >= 0.3 is 0 Å². The average molecular weight is 320 g/mol. The summed E-state index contributed by atoms with van der Waals surface area (Å²) in [6.07, 6.45) is 2.93. The van der Waals surface area contributed by atoms with Gasteiger partial charge in [-0.3, -0.25) is 4.79 Å². The first-order valence-electron chi connectivity index (χ1n) is 6.81. The highest BCUT2D eigenvalue weighted by atomic mass is 32.1. The molecule has 0 amide bonds. The van der Waals surface area contributed by atoms with Gasteiger partial charge in [0.15, 0.2) is 0 Å². The van der Waals surface area contributed by atoms with Gasteiger partial charge in [0.05, 0.1) is 18.1 Å². The molecule has 0 aliphatic heterocycles. The second-order valence-corrected chi connectivity index (χ2v) is 6.83. The number of thiazole rings is 1. The van der Waals surface area contributed by atoms with Crippen LogP contribution in [0.3, 0.4) is 0 Å². The van der Waals surface area contributed by atoms with Crippen LogP contribution < -0.4 is 10.9 Å². The lowest BCUT2D eigenvalue weighted by Gasteiger charge is -2.10. The predicted octanol–water partition coefficient (Wildman–Crippen LogP) is 2.85. The van der Waals surface area contributed by atoms with Crippen LogP contribution in [0.4, 0.5) is 0 Å². The van der Waals surface area contributed by atoms with Gasteiger partial charge in [0, 0.05) is 11.1 Å². The lowest BCUT2D eigenvalue weighted by molar-refractivity contribution is 0.557. The topological polar surface area (TPSA) is 70.7 Å². The lowest BCUT2D eigenvalue weighted by atomic mass is 10.3. The van der Waals surface area contributed by atoms with E-state index >= 15 is 0 Å². The quantitative estimate of drug-likeness (QED) is 0.758. The van der Waals surface area contributed by atoms with Gasteiger partial charge in [-0.05, 0) is 24.8 Å². The summed E-state index contributed by atoms with van der Waals surface area (Å²) in [5, 5.41) is 6.30. The van der Waals surface area contributed by atoms with Gasteiger partial charge in [0.2, 0.25) is 0 Å². The normalized spacial score (nSPS) is 12.9. The lowest BCUT2D eigenvalue weighted by Crippen LogP contribution is -2.21. The molecule has 2 N–H and O–H groups in total. The van der Waals surface area contributed by atoms with Crippen molar-refractivity contribution in [1.29, 1.82) is 0 Å². The monoisotopic (exact) mass is 320 g/mol. The number of hydrogen-bond donors (Lipinski definition) is 2. The average Bonchev–Trinajstić information content (AvgIpc) is 3.13. The molecule has 3 heterocycles. The molecule has 0 saturated carbocycles. The third kappa shape index (κ3) is 3.04. The number of rotatable bonds is 5. The first kappa shape index (κ1) is 14.4. The van der Waals surface area contributed by atoms with Crippen molar-refractivity contribution in [2.45, 2.75) is 32.9 Å². The van der Waals surface area contributed by atoms with E-state index < -0.39 is 0 Å². The Morgan fingerprint density at radius 1 is 1.48 bits per heavy atom. The zero-order valence-electron chi connectivity index (χ0n) is 11.8. The Morgan fingerprint density at radius 3 is 3.10 bits per heavy atom. The summed E-state index contributed by atoms with van der Waals surface area (Å²) in [6.45, 7) is 4.71. The minimum atomic E-state index is -0.0676. The van der Waals surface area contributed by atoms with Crippen LogP contribution in [-0.4, -0.2) is 15.0 Å². The highest BCUT2D eigenvalue weighted by Crippen LogP contribution is 2.20. The Kier molecular flexibility index (Phi) is 4.14. The summed E-state index contributed by atoms with van der Waals surface area (Å²) in [6, 6.07) is 2.01. The van der Waals surface area contributed by atoms with Crippen molar-refractivity contribution in [3.8, 4) is 0 Å². The fourth-order valence-electron chi connectivity index (χ4n) is 2.03. The van der Waals surface area contributed by atoms with E-state index in [9.17, 15) is 4.79 Å². The zero-order valence-corrected chi connectivity index (χ0v) is 13.5. The van der Waals surface area contributed by atoms with E-state index in [1.165, 1.54) is 16.2 Å². The third-order valence-corrected chi connectivity index (χ3v) is 5.46. The van der Waals surface area contributed by atoms with Gasteiger partial charge in [0.25, 0.3) is 5.56 Å². The molecule has 0 saturated heterocycles. The maximum atomic E-state index is 11.9. The fourth-order valence-corrected chi connectivity index (χ4v) is 3.64. The molecule has 3 rings (SSSR count). The number of aromatic amines is 1. The number of fused-ring (bicyclic) bond motifs is 1. The number of aromatic nitrogens is 3. The Hall–Kier alpha value is -1.57. The minimum absolute atomic E-state index is 0.0676. The number of nitrogens with zero attached hydrogens (tertiary/aromatic N) is 2. The molecule has 0 bridgehead atoms. The van der Waals surface area contributed by atoms with E-state index in [0.717, 1.165) is 16.9 Å². The molecule has 1 atom stereocenters. The van der Waals surface area contributed by atoms with E-state index in [4.69, 9.17) is 0 Å². The third-order valence-electron chi connectivity index (χ3n) is 3.23. The number of H-pyrrole nitrogens is 1. The highest BCUT2D eigenvalue weighted by molar-refractivity contribution is 7.17. The highest BCUT2D eigenvalue weighted by Gasteiger charge is 2.11. The van der Waals surface area contributed by atoms with Gasteiger partial charge in [-0.15, -0.1) is 22.7 Å². The van der Waals surface area contributed by atoms with Crippen molar-refractivity contribution in [3.63, 3.8) is 0 Å². The van der Waals surface area contributed by atoms with Gasteiger partial charge in [0.1, 0.15) is 15.5 Å². The molecule has 0 aromatic carbocycles. The standard InChI is InChI=1S/C14H16N4OS2/c1-3-9-6-16-14(21-9)8(2)15-7-11-17-10-4-5-20-12(10)13(19)18-11/h4-6,8,15H,3,7H2,1-2H3,(H,17,18,19). The number of thiophene rings is 1. The molecule has 0 aliphatic rings. The molecule has 110 valence electrons. The molecule has 7 heteroatoms. The number of nitrogens with one attached hydrogen (secondary N) is 2. The summed E-state index contributed by atoms with van der Waals surface area (Å²) in [5.41, 5.74) is 0.692. The molecular weight excluding hydrogens is 304 g/mol. The summed E-state index contributed by atoms with van der Waals surface area (Å²) < 4.78 is 0.680. The van der Waals surface area contributed by atoms with Crippen molar-refractivity contribution < 1.29 is 0 Å². The zero-order chi connectivity index (χ0) is 14.8. The molecule has 21 heavy (non-hydrogen) atoms. The van der Waals surface area contributed by atoms with E-state index in [1.807, 2.05) is 17.6 Å². The van der Waals surface area contributed by atoms with E-state index in [0.29, 0.717) is 17.1 Å². The molecule has 3 aromatic rings. The summed E-state index contributed by atoms with van der Waals surface area (Å²) in [7, 11) is 0. The molecule has 0 radical (unpaired) electrons. The Bertz CT molecular complexity index is 805. The van der Waals surface area contributed by atoms with E-state index in [2.05, 4.69) is 34.1 Å². The van der Waals surface area contributed by atoms with Crippen LogP contribution in [0.15, 0.2) is 22.4 Å². The van der Waals surface area contributed by atoms with Crippen molar-refractivity contribution in [2.75, 3.05) is 0 Å². The first-order chi connectivity index (χ1) is 10.2. The summed E-state index contributed by atoms with van der Waals surface area (Å²) >= 11 is 3.13. The maximum Gasteiger partial charge on any atom is 0.268 e. The largest absolute Gasteiger partial charge is 0.308 e. The summed E-state index contributed by atoms with van der Waals surface area (Å²) in [5.74, 6) is 0.657. The predicted molar refractivity (Wildman–Crippen MR) is 87.0 cm³/mol. The van der Waals surface area contributed by atoms with Crippen molar-refractivity contribution in [1.82, 2.24) is 20.3 Å². The van der Waals surface area contributed by atoms with E-state index in [1.54, 1.807) is 11.3 Å². The second kappa shape index (κ2) is 6.05. The van der Waals surface area contributed by atoms with Crippen LogP contribution in [0.2, 0.25) is 0 Å². The maximum absolute atomic E-state index is 11.9. The molecular formula is C14H16N4OS2. The summed E-state index contributed by atoms with van der Waals surface area (Å²) in [4.78, 5) is 24.9. The molecule has 0 fully saturated rings. The molecule has 1 unspecified atom stereocenters. The van der Waals surface area contributed by atoms with Crippen molar-refractivity contribution in [3.05, 3.63) is 43.7 Å². The van der Waals surface area contributed by atoms with Crippen LogP contribution in [0, 0.1) is 0 Å².